The first-order chi connectivity index (χ1) is 12.1. The molecule has 0 saturated carbocycles. The van der Waals surface area contributed by atoms with Gasteiger partial charge >= 0.3 is 0 Å². The molecule has 1 heterocycles. The third-order valence-corrected chi connectivity index (χ3v) is 4.60. The highest BCUT2D eigenvalue weighted by Crippen LogP contribution is 2.22. The van der Waals surface area contributed by atoms with Crippen LogP contribution in [0.3, 0.4) is 0 Å². The van der Waals surface area contributed by atoms with Gasteiger partial charge in [-0.2, -0.15) is 0 Å². The maximum atomic E-state index is 10.5. The second-order valence-electron chi connectivity index (χ2n) is 6.17. The van der Waals surface area contributed by atoms with Gasteiger partial charge in [0.2, 0.25) is 0 Å². The zero-order chi connectivity index (χ0) is 18.1. The van der Waals surface area contributed by atoms with Crippen molar-refractivity contribution < 1.29 is 14.6 Å². The average molecular weight is 370 g/mol. The number of benzene rings is 1. The molecule has 3 N–H and O–H groups in total. The summed E-state index contributed by atoms with van der Waals surface area (Å²) in [7, 11) is 1.62. The number of aliphatic imine (C=N–C) groups is 1. The number of guanidine groups is 1. The van der Waals surface area contributed by atoms with Gasteiger partial charge in [-0.1, -0.05) is 17.7 Å². The lowest BCUT2D eigenvalue weighted by atomic mass is 9.95. The SMILES string of the molecule is CCNC(=NCC1(O)CCOCC1)NCCc1ccc(OC)cc1Cl. The molecule has 0 aliphatic carbocycles. The van der Waals surface area contributed by atoms with Crippen molar-refractivity contribution in [2.24, 2.45) is 4.99 Å². The van der Waals surface area contributed by atoms with E-state index in [9.17, 15) is 5.11 Å². The maximum absolute atomic E-state index is 10.5. The van der Waals surface area contributed by atoms with Crippen LogP contribution in [0.15, 0.2) is 23.2 Å². The lowest BCUT2D eigenvalue weighted by molar-refractivity contribution is -0.0565. The third-order valence-electron chi connectivity index (χ3n) is 4.25. The summed E-state index contributed by atoms with van der Waals surface area (Å²) in [6, 6.07) is 5.69. The third kappa shape index (κ3) is 6.38. The highest BCUT2D eigenvalue weighted by Gasteiger charge is 2.29. The molecular weight excluding hydrogens is 342 g/mol. The topological polar surface area (TPSA) is 75.1 Å². The Morgan fingerprint density at radius 3 is 2.76 bits per heavy atom. The smallest absolute Gasteiger partial charge is 0.191 e. The van der Waals surface area contributed by atoms with E-state index in [1.165, 1.54) is 0 Å². The molecule has 0 spiro atoms. The van der Waals surface area contributed by atoms with Crippen molar-refractivity contribution in [2.75, 3.05) is 40.0 Å². The molecule has 0 unspecified atom stereocenters. The highest BCUT2D eigenvalue weighted by molar-refractivity contribution is 6.31. The Morgan fingerprint density at radius 1 is 1.36 bits per heavy atom. The molecule has 0 radical (unpaired) electrons. The molecule has 1 aliphatic heterocycles. The fourth-order valence-corrected chi connectivity index (χ4v) is 2.92. The largest absolute Gasteiger partial charge is 0.497 e. The summed E-state index contributed by atoms with van der Waals surface area (Å²) < 4.78 is 10.5. The van der Waals surface area contributed by atoms with Gasteiger partial charge in [0.1, 0.15) is 5.75 Å². The first-order valence-electron chi connectivity index (χ1n) is 8.71. The van der Waals surface area contributed by atoms with Gasteiger partial charge in [0.15, 0.2) is 5.96 Å². The summed E-state index contributed by atoms with van der Waals surface area (Å²) >= 11 is 6.27. The number of halogens is 1. The van der Waals surface area contributed by atoms with Crippen LogP contribution in [-0.2, 0) is 11.2 Å². The van der Waals surface area contributed by atoms with Crippen molar-refractivity contribution in [3.8, 4) is 5.75 Å². The van der Waals surface area contributed by atoms with E-state index >= 15 is 0 Å². The van der Waals surface area contributed by atoms with Gasteiger partial charge in [-0.05, 0) is 31.0 Å². The van der Waals surface area contributed by atoms with Crippen LogP contribution in [-0.4, -0.2) is 56.6 Å². The first-order valence-corrected chi connectivity index (χ1v) is 9.09. The van der Waals surface area contributed by atoms with Crippen LogP contribution in [0.1, 0.15) is 25.3 Å². The van der Waals surface area contributed by atoms with Crippen LogP contribution < -0.4 is 15.4 Å². The number of aliphatic hydroxyl groups is 1. The van der Waals surface area contributed by atoms with Crippen molar-refractivity contribution in [1.82, 2.24) is 10.6 Å². The van der Waals surface area contributed by atoms with Crippen molar-refractivity contribution in [1.29, 1.82) is 0 Å². The van der Waals surface area contributed by atoms with Gasteiger partial charge in [-0.3, -0.25) is 4.99 Å². The van der Waals surface area contributed by atoms with E-state index in [2.05, 4.69) is 15.6 Å². The summed E-state index contributed by atoms with van der Waals surface area (Å²) in [6.07, 6.45) is 2.01. The summed E-state index contributed by atoms with van der Waals surface area (Å²) in [6.45, 7) is 5.02. The van der Waals surface area contributed by atoms with E-state index in [0.717, 1.165) is 24.3 Å². The lowest BCUT2D eigenvalue weighted by Gasteiger charge is -2.30. The average Bonchev–Trinajstić information content (AvgIpc) is 2.61. The Balaban J connectivity index is 1.87. The summed E-state index contributed by atoms with van der Waals surface area (Å²) in [5, 5.41) is 17.7. The van der Waals surface area contributed by atoms with E-state index < -0.39 is 5.60 Å². The van der Waals surface area contributed by atoms with E-state index in [1.54, 1.807) is 7.11 Å². The second-order valence-corrected chi connectivity index (χ2v) is 6.57. The highest BCUT2D eigenvalue weighted by atomic mass is 35.5. The van der Waals surface area contributed by atoms with Gasteiger partial charge < -0.3 is 25.2 Å². The molecule has 1 saturated heterocycles. The van der Waals surface area contributed by atoms with Crippen LogP contribution in [0.5, 0.6) is 5.75 Å². The molecule has 25 heavy (non-hydrogen) atoms. The minimum Gasteiger partial charge on any atom is -0.497 e. The lowest BCUT2D eigenvalue weighted by Crippen LogP contribution is -2.43. The van der Waals surface area contributed by atoms with E-state index in [0.29, 0.717) is 50.1 Å². The molecule has 0 amide bonds. The standard InChI is InChI=1S/C18H28ClN3O3/c1-3-20-17(22-13-18(23)7-10-25-11-8-18)21-9-6-14-4-5-15(24-2)12-16(14)19/h4-5,12,23H,3,6-11,13H2,1-2H3,(H2,20,21,22). The molecule has 0 atom stereocenters. The monoisotopic (exact) mass is 369 g/mol. The Morgan fingerprint density at radius 2 is 2.12 bits per heavy atom. The van der Waals surface area contributed by atoms with Gasteiger partial charge in [0.25, 0.3) is 0 Å². The molecule has 1 aromatic rings. The number of rotatable bonds is 7. The number of ether oxygens (including phenoxy) is 2. The predicted molar refractivity (Wildman–Crippen MR) is 101 cm³/mol. The van der Waals surface area contributed by atoms with Gasteiger partial charge in [0.05, 0.1) is 19.3 Å². The molecule has 0 aromatic heterocycles. The van der Waals surface area contributed by atoms with Crippen LogP contribution in [0.4, 0.5) is 0 Å². The first kappa shape index (κ1) is 19.8. The molecule has 0 bridgehead atoms. The van der Waals surface area contributed by atoms with Crippen molar-refractivity contribution in [2.45, 2.75) is 31.8 Å². The van der Waals surface area contributed by atoms with Crippen molar-refractivity contribution >= 4 is 17.6 Å². The molecule has 1 fully saturated rings. The number of nitrogens with one attached hydrogen (secondary N) is 2. The number of methoxy groups -OCH3 is 1. The van der Waals surface area contributed by atoms with Gasteiger partial charge in [-0.25, -0.2) is 0 Å². The zero-order valence-electron chi connectivity index (χ0n) is 15.0. The van der Waals surface area contributed by atoms with Crippen LogP contribution in [0.25, 0.3) is 0 Å². The number of hydrogen-bond donors (Lipinski definition) is 3. The summed E-state index contributed by atoms with van der Waals surface area (Å²) in [4.78, 5) is 4.53. The Bertz CT molecular complexity index is 575. The van der Waals surface area contributed by atoms with E-state index in [-0.39, 0.29) is 0 Å². The Kier molecular flexibility index (Phi) is 7.81. The molecule has 140 valence electrons. The molecule has 7 heteroatoms. The molecule has 1 aliphatic rings. The normalized spacial score (nSPS) is 17.2. The fourth-order valence-electron chi connectivity index (χ4n) is 2.65. The maximum Gasteiger partial charge on any atom is 0.191 e. The van der Waals surface area contributed by atoms with Crippen molar-refractivity contribution in [3.05, 3.63) is 28.8 Å². The fraction of sp³-hybridized carbons (Fsp3) is 0.611. The van der Waals surface area contributed by atoms with Gasteiger partial charge in [-0.15, -0.1) is 0 Å². The van der Waals surface area contributed by atoms with Gasteiger partial charge in [0, 0.05) is 44.2 Å². The predicted octanol–water partition coefficient (Wildman–Crippen LogP) is 1.99. The minimum absolute atomic E-state index is 0.370. The number of hydrogen-bond acceptors (Lipinski definition) is 4. The Hall–Kier alpha value is -1.50. The minimum atomic E-state index is -0.764. The second kappa shape index (κ2) is 9.85. The zero-order valence-corrected chi connectivity index (χ0v) is 15.7. The van der Waals surface area contributed by atoms with E-state index in [4.69, 9.17) is 21.1 Å². The molecular formula is C18H28ClN3O3. The van der Waals surface area contributed by atoms with Crippen LogP contribution in [0.2, 0.25) is 5.02 Å². The number of nitrogens with zero attached hydrogens (tertiary/aromatic N) is 1. The molecule has 1 aromatic carbocycles. The van der Waals surface area contributed by atoms with E-state index in [1.807, 2.05) is 25.1 Å². The molecule has 2 rings (SSSR count). The van der Waals surface area contributed by atoms with Crippen molar-refractivity contribution in [3.63, 3.8) is 0 Å². The quantitative estimate of drug-likeness (QED) is 0.506. The van der Waals surface area contributed by atoms with Crippen LogP contribution >= 0.6 is 11.6 Å². The summed E-state index contributed by atoms with van der Waals surface area (Å²) in [5.74, 6) is 1.45. The van der Waals surface area contributed by atoms with Crippen LogP contribution in [0, 0.1) is 0 Å². The molecule has 6 nitrogen and oxygen atoms in total. The Labute approximate surface area is 154 Å². The summed E-state index contributed by atoms with van der Waals surface area (Å²) in [5.41, 5.74) is 0.286.